The molecule has 7 nitrogen and oxygen atoms in total. The number of H-pyrrole nitrogens is 1. The summed E-state index contributed by atoms with van der Waals surface area (Å²) in [5.41, 5.74) is 1.85. The Balaban J connectivity index is 1.86. The molecule has 1 aliphatic carbocycles. The summed E-state index contributed by atoms with van der Waals surface area (Å²) in [5, 5.41) is 38.4. The van der Waals surface area contributed by atoms with Crippen LogP contribution in [0.4, 0.5) is 4.39 Å². The minimum absolute atomic E-state index is 0.0848. The Labute approximate surface area is 189 Å². The van der Waals surface area contributed by atoms with Crippen molar-refractivity contribution in [3.8, 4) is 11.8 Å². The van der Waals surface area contributed by atoms with E-state index in [1.165, 1.54) is 12.1 Å². The fourth-order valence-electron chi connectivity index (χ4n) is 5.10. The smallest absolute Gasteiger partial charge is 0.335 e. The second kappa shape index (κ2) is 7.15. The average Bonchev–Trinajstić information content (AvgIpc) is 3.32. The van der Waals surface area contributed by atoms with Crippen LogP contribution in [0.25, 0.3) is 27.5 Å². The topological polar surface area (TPSA) is 115 Å². The van der Waals surface area contributed by atoms with Crippen molar-refractivity contribution in [2.24, 2.45) is 0 Å². The molecule has 3 N–H and O–H groups in total. The van der Waals surface area contributed by atoms with Gasteiger partial charge in [0.15, 0.2) is 5.60 Å². The third kappa shape index (κ3) is 3.19. The van der Waals surface area contributed by atoms with E-state index in [0.717, 1.165) is 38.8 Å². The molecule has 0 atom stereocenters. The van der Waals surface area contributed by atoms with Crippen molar-refractivity contribution >= 4 is 27.8 Å². The van der Waals surface area contributed by atoms with Gasteiger partial charge >= 0.3 is 5.97 Å². The molecule has 1 fully saturated rings. The van der Waals surface area contributed by atoms with Crippen molar-refractivity contribution in [2.45, 2.75) is 50.0 Å². The Hall–Kier alpha value is -3.70. The van der Waals surface area contributed by atoms with E-state index >= 15 is 0 Å². The zero-order valence-corrected chi connectivity index (χ0v) is 18.3. The molecule has 0 radical (unpaired) electrons. The number of halogens is 1. The monoisotopic (exact) mass is 446 g/mol. The summed E-state index contributed by atoms with van der Waals surface area (Å²) < 4.78 is 15.8. The van der Waals surface area contributed by atoms with Gasteiger partial charge in [0.2, 0.25) is 0 Å². The summed E-state index contributed by atoms with van der Waals surface area (Å²) in [4.78, 5) is 11.6. The first-order valence-corrected chi connectivity index (χ1v) is 10.8. The summed E-state index contributed by atoms with van der Waals surface area (Å²) in [6, 6.07) is 12.4. The number of carboxylic acid groups (broad SMARTS) is 1. The number of aliphatic hydroxyl groups is 1. The van der Waals surface area contributed by atoms with Crippen LogP contribution in [-0.4, -0.2) is 36.5 Å². The minimum Gasteiger partial charge on any atom is -0.479 e. The molecule has 168 valence electrons. The number of hydrogen-bond acceptors (Lipinski definition) is 4. The van der Waals surface area contributed by atoms with Crippen LogP contribution in [0.5, 0.6) is 0 Å². The van der Waals surface area contributed by atoms with Gasteiger partial charge < -0.3 is 14.8 Å². The van der Waals surface area contributed by atoms with Crippen molar-refractivity contribution < 1.29 is 19.4 Å². The maximum Gasteiger partial charge on any atom is 0.335 e. The van der Waals surface area contributed by atoms with Crippen LogP contribution in [0.3, 0.4) is 0 Å². The van der Waals surface area contributed by atoms with Gasteiger partial charge in [0.1, 0.15) is 5.82 Å². The Kier molecular flexibility index (Phi) is 4.59. The molecule has 1 aliphatic rings. The highest BCUT2D eigenvalue weighted by Gasteiger charge is 2.51. The number of hydrogen-bond donors (Lipinski definition) is 3. The SMILES string of the molecule is CC(C)(CC#N)c1c([C@H]2C[C@](O)(C(=O)O)C2)c2cc3[nH]ncc3cc2n1-c1ccc(F)cc1. The van der Waals surface area contributed by atoms with Gasteiger partial charge in [-0.1, -0.05) is 13.8 Å². The second-order valence-electron chi connectivity index (χ2n) is 9.56. The molecule has 0 amide bonds. The van der Waals surface area contributed by atoms with E-state index in [9.17, 15) is 24.7 Å². The first-order valence-electron chi connectivity index (χ1n) is 10.8. The molecule has 0 saturated heterocycles. The lowest BCUT2D eigenvalue weighted by Crippen LogP contribution is -2.49. The zero-order chi connectivity index (χ0) is 23.5. The fourth-order valence-corrected chi connectivity index (χ4v) is 5.10. The minimum atomic E-state index is -1.76. The van der Waals surface area contributed by atoms with Crippen LogP contribution < -0.4 is 0 Å². The number of nitrogens with one attached hydrogen (secondary N) is 1. The average molecular weight is 446 g/mol. The number of fused-ring (bicyclic) bond motifs is 2. The number of nitrogens with zero attached hydrogens (tertiary/aromatic N) is 3. The van der Waals surface area contributed by atoms with Crippen molar-refractivity contribution in [1.82, 2.24) is 14.8 Å². The predicted octanol–water partition coefficient (Wildman–Crippen LogP) is 4.53. The van der Waals surface area contributed by atoms with Gasteiger partial charge in [-0.3, -0.25) is 5.10 Å². The van der Waals surface area contributed by atoms with E-state index in [0.29, 0.717) is 0 Å². The highest BCUT2D eigenvalue weighted by molar-refractivity contribution is 5.99. The van der Waals surface area contributed by atoms with Crippen LogP contribution in [0.1, 0.15) is 50.3 Å². The molecule has 2 aromatic heterocycles. The van der Waals surface area contributed by atoms with Gasteiger partial charge in [0.05, 0.1) is 23.3 Å². The maximum atomic E-state index is 13.7. The number of nitriles is 1. The van der Waals surface area contributed by atoms with Crippen molar-refractivity contribution in [1.29, 1.82) is 5.26 Å². The first kappa shape index (κ1) is 21.2. The Morgan fingerprint density at radius 2 is 2.03 bits per heavy atom. The lowest BCUT2D eigenvalue weighted by atomic mass is 9.65. The number of aromatic nitrogens is 3. The second-order valence-corrected chi connectivity index (χ2v) is 9.56. The van der Waals surface area contributed by atoms with Gasteiger partial charge in [-0.25, -0.2) is 9.18 Å². The quantitative estimate of drug-likeness (QED) is 0.417. The molecule has 2 aromatic carbocycles. The Morgan fingerprint density at radius 1 is 1.33 bits per heavy atom. The molecular weight excluding hydrogens is 423 g/mol. The van der Waals surface area contributed by atoms with E-state index < -0.39 is 17.0 Å². The molecule has 0 unspecified atom stereocenters. The summed E-state index contributed by atoms with van der Waals surface area (Å²) in [5.74, 6) is -1.78. The summed E-state index contributed by atoms with van der Waals surface area (Å²) in [6.07, 6.45) is 2.12. The lowest BCUT2D eigenvalue weighted by Gasteiger charge is -2.42. The highest BCUT2D eigenvalue weighted by Crippen LogP contribution is 2.52. The fraction of sp³-hybridized carbons (Fsp3) is 0.320. The van der Waals surface area contributed by atoms with Gasteiger partial charge in [-0.15, -0.1) is 0 Å². The number of aromatic amines is 1. The third-order valence-corrected chi connectivity index (χ3v) is 6.79. The summed E-state index contributed by atoms with van der Waals surface area (Å²) >= 11 is 0. The van der Waals surface area contributed by atoms with E-state index in [-0.39, 0.29) is 31.0 Å². The van der Waals surface area contributed by atoms with Gasteiger partial charge in [-0.2, -0.15) is 10.4 Å². The molecule has 8 heteroatoms. The number of carbonyl (C=O) groups is 1. The number of aliphatic carboxylic acids is 1. The van der Waals surface area contributed by atoms with Crippen molar-refractivity contribution in [3.63, 3.8) is 0 Å². The molecule has 33 heavy (non-hydrogen) atoms. The largest absolute Gasteiger partial charge is 0.479 e. The molecule has 1 saturated carbocycles. The molecule has 0 bridgehead atoms. The number of carboxylic acids is 1. The van der Waals surface area contributed by atoms with Crippen LogP contribution >= 0.6 is 0 Å². The van der Waals surface area contributed by atoms with E-state index in [1.807, 2.05) is 30.5 Å². The van der Waals surface area contributed by atoms with E-state index in [4.69, 9.17) is 0 Å². The normalized spacial score (nSPS) is 20.6. The maximum absolute atomic E-state index is 13.7. The van der Waals surface area contributed by atoms with E-state index in [2.05, 4.69) is 16.3 Å². The van der Waals surface area contributed by atoms with Crippen LogP contribution in [-0.2, 0) is 10.2 Å². The molecule has 0 aliphatic heterocycles. The van der Waals surface area contributed by atoms with Crippen LogP contribution in [0.2, 0.25) is 0 Å². The van der Waals surface area contributed by atoms with Crippen molar-refractivity contribution in [2.75, 3.05) is 0 Å². The molecule has 5 rings (SSSR count). The molecule has 0 spiro atoms. The van der Waals surface area contributed by atoms with Gasteiger partial charge in [-0.05, 0) is 60.7 Å². The predicted molar refractivity (Wildman–Crippen MR) is 121 cm³/mol. The Bertz CT molecular complexity index is 1440. The molecule has 2 heterocycles. The molecular formula is C25H23FN4O3. The Morgan fingerprint density at radius 3 is 2.67 bits per heavy atom. The van der Waals surface area contributed by atoms with Crippen molar-refractivity contribution in [3.05, 3.63) is 59.7 Å². The number of rotatable bonds is 5. The summed E-state index contributed by atoms with van der Waals surface area (Å²) in [7, 11) is 0. The standard InChI is InChI=1S/C25H23FN4O3/c1-24(2,7-8-27)22-21(15-11-25(33,12-15)23(31)32)18-10-19-14(13-28-29-19)9-20(18)30(22)17-5-3-16(26)4-6-17/h3-6,9-10,13,15,33H,7,11-12H2,1-2H3,(H,28,29)(H,31,32)/t15-,25+. The first-order chi connectivity index (χ1) is 15.6. The molecule has 4 aromatic rings. The summed E-state index contributed by atoms with van der Waals surface area (Å²) in [6.45, 7) is 3.95. The third-order valence-electron chi connectivity index (χ3n) is 6.79. The lowest BCUT2D eigenvalue weighted by molar-refractivity contribution is -0.169. The van der Waals surface area contributed by atoms with Crippen LogP contribution in [0.15, 0.2) is 42.6 Å². The van der Waals surface area contributed by atoms with Gasteiger partial charge in [0.25, 0.3) is 0 Å². The highest BCUT2D eigenvalue weighted by atomic mass is 19.1. The van der Waals surface area contributed by atoms with Gasteiger partial charge in [0, 0.05) is 34.0 Å². The van der Waals surface area contributed by atoms with E-state index in [1.54, 1.807) is 18.3 Å². The number of benzene rings is 2. The zero-order valence-electron chi connectivity index (χ0n) is 18.3. The van der Waals surface area contributed by atoms with Crippen LogP contribution in [0, 0.1) is 17.1 Å².